The van der Waals surface area contributed by atoms with Gasteiger partial charge in [0.1, 0.15) is 0 Å². The fraction of sp³-hybridized carbons (Fsp3) is 0.263. The molecule has 3 aromatic rings. The number of pyridine rings is 2. The molecule has 0 radical (unpaired) electrons. The highest BCUT2D eigenvalue weighted by molar-refractivity contribution is 5.82. The Morgan fingerprint density at radius 2 is 1.82 bits per heavy atom. The van der Waals surface area contributed by atoms with Gasteiger partial charge in [0.25, 0.3) is 0 Å². The standard InChI is InChI=1S/C19H21N3/c1-15-13-17(18-5-3-4-6-19(18)21-15)14-22(2)12-9-16-7-10-20-11-8-16/h3-8,10-11,13H,9,12,14H2,1-2H3. The van der Waals surface area contributed by atoms with Crippen molar-refractivity contribution in [3.63, 3.8) is 0 Å². The third-order valence-corrected chi connectivity index (χ3v) is 3.90. The van der Waals surface area contributed by atoms with E-state index in [9.17, 15) is 0 Å². The molecule has 0 unspecified atom stereocenters. The molecule has 3 nitrogen and oxygen atoms in total. The van der Waals surface area contributed by atoms with E-state index in [1.54, 1.807) is 0 Å². The molecule has 0 amide bonds. The smallest absolute Gasteiger partial charge is 0.0708 e. The lowest BCUT2D eigenvalue weighted by atomic mass is 10.1. The summed E-state index contributed by atoms with van der Waals surface area (Å²) >= 11 is 0. The Hall–Kier alpha value is -2.26. The second kappa shape index (κ2) is 6.67. The Kier molecular flexibility index (Phi) is 4.45. The summed E-state index contributed by atoms with van der Waals surface area (Å²) in [6, 6.07) is 14.7. The van der Waals surface area contributed by atoms with E-state index < -0.39 is 0 Å². The number of rotatable bonds is 5. The van der Waals surface area contributed by atoms with E-state index in [2.05, 4.69) is 65.2 Å². The largest absolute Gasteiger partial charge is 0.302 e. The first-order chi connectivity index (χ1) is 10.7. The lowest BCUT2D eigenvalue weighted by Crippen LogP contribution is -2.21. The number of aryl methyl sites for hydroxylation is 1. The van der Waals surface area contributed by atoms with Crippen molar-refractivity contribution in [3.05, 3.63) is 71.7 Å². The molecular weight excluding hydrogens is 270 g/mol. The molecule has 0 atom stereocenters. The molecule has 0 aliphatic carbocycles. The number of likely N-dealkylation sites (N-methyl/N-ethyl adjacent to an activating group) is 1. The monoisotopic (exact) mass is 291 g/mol. The zero-order chi connectivity index (χ0) is 15.4. The molecular formula is C19H21N3. The van der Waals surface area contributed by atoms with Gasteiger partial charge in [-0.1, -0.05) is 18.2 Å². The Balaban J connectivity index is 1.72. The van der Waals surface area contributed by atoms with E-state index in [0.717, 1.165) is 30.7 Å². The van der Waals surface area contributed by atoms with Crippen LogP contribution in [0.4, 0.5) is 0 Å². The second-order valence-corrected chi connectivity index (χ2v) is 5.78. The van der Waals surface area contributed by atoms with Crippen LogP contribution in [-0.2, 0) is 13.0 Å². The van der Waals surface area contributed by atoms with Crippen LogP contribution in [0.1, 0.15) is 16.8 Å². The Labute approximate surface area is 131 Å². The first-order valence-corrected chi connectivity index (χ1v) is 7.65. The molecule has 2 heterocycles. The molecule has 22 heavy (non-hydrogen) atoms. The number of aromatic nitrogens is 2. The Morgan fingerprint density at radius 3 is 2.64 bits per heavy atom. The third kappa shape index (κ3) is 3.49. The molecule has 0 aliphatic heterocycles. The number of para-hydroxylation sites is 1. The minimum atomic E-state index is 0.939. The summed E-state index contributed by atoms with van der Waals surface area (Å²) in [6.07, 6.45) is 4.76. The zero-order valence-electron chi connectivity index (χ0n) is 13.2. The predicted molar refractivity (Wildman–Crippen MR) is 90.8 cm³/mol. The van der Waals surface area contributed by atoms with E-state index in [-0.39, 0.29) is 0 Å². The van der Waals surface area contributed by atoms with Gasteiger partial charge in [-0.05, 0) is 55.8 Å². The average molecular weight is 291 g/mol. The molecule has 0 aliphatic rings. The first kappa shape index (κ1) is 14.7. The molecule has 112 valence electrons. The van der Waals surface area contributed by atoms with Gasteiger partial charge in [-0.2, -0.15) is 0 Å². The zero-order valence-corrected chi connectivity index (χ0v) is 13.2. The van der Waals surface area contributed by atoms with Gasteiger partial charge in [0.05, 0.1) is 5.52 Å². The minimum absolute atomic E-state index is 0.939. The second-order valence-electron chi connectivity index (χ2n) is 5.78. The molecule has 0 spiro atoms. The van der Waals surface area contributed by atoms with E-state index in [1.807, 2.05) is 18.5 Å². The highest BCUT2D eigenvalue weighted by Gasteiger charge is 2.07. The maximum absolute atomic E-state index is 4.61. The summed E-state index contributed by atoms with van der Waals surface area (Å²) in [5.74, 6) is 0. The van der Waals surface area contributed by atoms with Crippen molar-refractivity contribution >= 4 is 10.9 Å². The number of fused-ring (bicyclic) bond motifs is 1. The van der Waals surface area contributed by atoms with Crippen molar-refractivity contribution in [3.8, 4) is 0 Å². The highest BCUT2D eigenvalue weighted by Crippen LogP contribution is 2.19. The van der Waals surface area contributed by atoms with Crippen molar-refractivity contribution in [2.45, 2.75) is 19.9 Å². The van der Waals surface area contributed by atoms with Crippen LogP contribution in [0.5, 0.6) is 0 Å². The van der Waals surface area contributed by atoms with E-state index in [4.69, 9.17) is 0 Å². The van der Waals surface area contributed by atoms with Crippen LogP contribution >= 0.6 is 0 Å². The van der Waals surface area contributed by atoms with Crippen LogP contribution in [0, 0.1) is 6.92 Å². The molecule has 3 rings (SSSR count). The highest BCUT2D eigenvalue weighted by atomic mass is 15.1. The molecule has 0 saturated carbocycles. The lowest BCUT2D eigenvalue weighted by Gasteiger charge is -2.18. The van der Waals surface area contributed by atoms with Crippen LogP contribution in [0.2, 0.25) is 0 Å². The molecule has 0 fully saturated rings. The van der Waals surface area contributed by atoms with Gasteiger partial charge in [0.15, 0.2) is 0 Å². The Bertz CT molecular complexity index is 753. The third-order valence-electron chi connectivity index (χ3n) is 3.90. The van der Waals surface area contributed by atoms with E-state index in [0.29, 0.717) is 0 Å². The van der Waals surface area contributed by atoms with Gasteiger partial charge in [0, 0.05) is 36.6 Å². The van der Waals surface area contributed by atoms with Crippen molar-refractivity contribution in [1.29, 1.82) is 0 Å². The van der Waals surface area contributed by atoms with Gasteiger partial charge < -0.3 is 4.90 Å². The van der Waals surface area contributed by atoms with Crippen molar-refractivity contribution < 1.29 is 0 Å². The van der Waals surface area contributed by atoms with E-state index in [1.165, 1.54) is 16.5 Å². The summed E-state index contributed by atoms with van der Waals surface area (Å²) in [7, 11) is 2.17. The maximum atomic E-state index is 4.61. The number of benzene rings is 1. The summed E-state index contributed by atoms with van der Waals surface area (Å²) in [5, 5.41) is 1.25. The molecule has 1 aromatic carbocycles. The van der Waals surface area contributed by atoms with Gasteiger partial charge in [-0.15, -0.1) is 0 Å². The average Bonchev–Trinajstić information content (AvgIpc) is 2.54. The molecule has 3 heteroatoms. The number of nitrogens with zero attached hydrogens (tertiary/aromatic N) is 3. The van der Waals surface area contributed by atoms with Crippen LogP contribution in [0.3, 0.4) is 0 Å². The SMILES string of the molecule is Cc1cc(CN(C)CCc2ccncc2)c2ccccc2n1. The predicted octanol–water partition coefficient (Wildman–Crippen LogP) is 3.61. The quantitative estimate of drug-likeness (QED) is 0.719. The fourth-order valence-corrected chi connectivity index (χ4v) is 2.76. The first-order valence-electron chi connectivity index (χ1n) is 7.65. The maximum Gasteiger partial charge on any atom is 0.0708 e. The van der Waals surface area contributed by atoms with Crippen LogP contribution in [-0.4, -0.2) is 28.5 Å². The molecule has 0 N–H and O–H groups in total. The molecule has 2 aromatic heterocycles. The minimum Gasteiger partial charge on any atom is -0.302 e. The normalized spacial score (nSPS) is 11.2. The summed E-state index contributed by atoms with van der Waals surface area (Å²) < 4.78 is 0. The summed E-state index contributed by atoms with van der Waals surface area (Å²) in [5.41, 5.74) is 4.84. The van der Waals surface area contributed by atoms with Gasteiger partial charge in [-0.3, -0.25) is 9.97 Å². The lowest BCUT2D eigenvalue weighted by molar-refractivity contribution is 0.332. The fourth-order valence-electron chi connectivity index (χ4n) is 2.76. The summed E-state index contributed by atoms with van der Waals surface area (Å²) in [4.78, 5) is 11.0. The van der Waals surface area contributed by atoms with Crippen molar-refractivity contribution in [2.75, 3.05) is 13.6 Å². The number of hydrogen-bond donors (Lipinski definition) is 0. The van der Waals surface area contributed by atoms with Crippen LogP contribution in [0.15, 0.2) is 54.9 Å². The van der Waals surface area contributed by atoms with Crippen LogP contribution < -0.4 is 0 Å². The van der Waals surface area contributed by atoms with E-state index >= 15 is 0 Å². The van der Waals surface area contributed by atoms with Gasteiger partial charge in [-0.25, -0.2) is 0 Å². The van der Waals surface area contributed by atoms with Crippen molar-refractivity contribution in [2.24, 2.45) is 0 Å². The van der Waals surface area contributed by atoms with Gasteiger partial charge >= 0.3 is 0 Å². The van der Waals surface area contributed by atoms with Gasteiger partial charge in [0.2, 0.25) is 0 Å². The Morgan fingerprint density at radius 1 is 1.05 bits per heavy atom. The molecule has 0 bridgehead atoms. The summed E-state index contributed by atoms with van der Waals surface area (Å²) in [6.45, 7) is 4.03. The number of hydrogen-bond acceptors (Lipinski definition) is 3. The topological polar surface area (TPSA) is 29.0 Å². The molecule has 0 saturated heterocycles. The van der Waals surface area contributed by atoms with Crippen molar-refractivity contribution in [1.82, 2.24) is 14.9 Å². The van der Waals surface area contributed by atoms with Crippen LogP contribution in [0.25, 0.3) is 10.9 Å².